The lowest BCUT2D eigenvalue weighted by molar-refractivity contribution is -0.728. The average molecular weight is 443 g/mol. The molecule has 4 heterocycles. The quantitative estimate of drug-likeness (QED) is 0.298. The fraction of sp³-hybridized carbons (Fsp3) is 0.533. The van der Waals surface area contributed by atoms with Crippen LogP contribution in [0.5, 0.6) is 0 Å². The van der Waals surface area contributed by atoms with E-state index in [0.717, 1.165) is 18.4 Å². The number of para-hydroxylation sites is 2. The Balaban J connectivity index is 2.18. The molecule has 3 nitrogen and oxygen atoms in total. The highest BCUT2D eigenvalue weighted by Crippen LogP contribution is 2.51. The van der Waals surface area contributed by atoms with Crippen LogP contribution in [-0.4, -0.2) is 9.38 Å². The molecule has 5 rings (SSSR count). The molecule has 0 fully saturated rings. The Labute approximate surface area is 198 Å². The maximum absolute atomic E-state index is 5.32. The summed E-state index contributed by atoms with van der Waals surface area (Å²) in [5, 5.41) is 1.34. The molecule has 1 aliphatic rings. The van der Waals surface area contributed by atoms with Gasteiger partial charge >= 0.3 is 0 Å². The molecular weight excluding hydrogens is 402 g/mol. The summed E-state index contributed by atoms with van der Waals surface area (Å²) in [7, 11) is 0. The Morgan fingerprint density at radius 2 is 1.58 bits per heavy atom. The van der Waals surface area contributed by atoms with Crippen molar-refractivity contribution in [2.24, 2.45) is 0 Å². The number of benzene rings is 1. The van der Waals surface area contributed by atoms with Gasteiger partial charge in [-0.1, -0.05) is 74.4 Å². The first-order chi connectivity index (χ1) is 15.3. The maximum Gasteiger partial charge on any atom is 0.297 e. The molecule has 0 radical (unpaired) electrons. The summed E-state index contributed by atoms with van der Waals surface area (Å²) in [5.41, 5.74) is 8.99. The molecule has 0 aliphatic carbocycles. The molecule has 2 atom stereocenters. The summed E-state index contributed by atoms with van der Waals surface area (Å²) in [6, 6.07) is 13.8. The lowest BCUT2D eigenvalue weighted by Crippen LogP contribution is -2.66. The van der Waals surface area contributed by atoms with Crippen LogP contribution in [-0.2, 0) is 21.8 Å². The van der Waals surface area contributed by atoms with Gasteiger partial charge < -0.3 is 0 Å². The van der Waals surface area contributed by atoms with Crippen LogP contribution in [0, 0.1) is 0 Å². The molecule has 2 unspecified atom stereocenters. The van der Waals surface area contributed by atoms with Gasteiger partial charge in [0.1, 0.15) is 11.2 Å². The number of rotatable bonds is 2. The second-order valence-electron chi connectivity index (χ2n) is 12.6. The first kappa shape index (κ1) is 22.4. The predicted molar refractivity (Wildman–Crippen MR) is 139 cm³/mol. The first-order valence-corrected chi connectivity index (χ1v) is 12.6. The van der Waals surface area contributed by atoms with Crippen molar-refractivity contribution >= 4 is 27.6 Å². The third-order valence-electron chi connectivity index (χ3n) is 8.78. The zero-order valence-electron chi connectivity index (χ0n) is 22.2. The minimum Gasteiger partial charge on any atom is -0.252 e. The molecule has 33 heavy (non-hydrogen) atoms. The highest BCUT2D eigenvalue weighted by Gasteiger charge is 2.55. The van der Waals surface area contributed by atoms with Crippen LogP contribution in [0.4, 0.5) is 0 Å². The molecule has 1 aliphatic heterocycles. The minimum absolute atomic E-state index is 0.00386. The van der Waals surface area contributed by atoms with E-state index in [1.807, 2.05) is 0 Å². The summed E-state index contributed by atoms with van der Waals surface area (Å²) in [5.74, 6) is 0. The first-order valence-electron chi connectivity index (χ1n) is 12.6. The predicted octanol–water partition coefficient (Wildman–Crippen LogP) is 7.33. The normalized spacial score (nSPS) is 23.3. The molecule has 4 aromatic rings. The van der Waals surface area contributed by atoms with E-state index in [1.54, 1.807) is 0 Å². The van der Waals surface area contributed by atoms with Crippen LogP contribution in [0.25, 0.3) is 27.6 Å². The third kappa shape index (κ3) is 2.68. The van der Waals surface area contributed by atoms with Crippen LogP contribution in [0.2, 0.25) is 0 Å². The van der Waals surface area contributed by atoms with Crippen LogP contribution in [0.15, 0.2) is 36.4 Å². The zero-order chi connectivity index (χ0) is 24.1. The number of imidazole rings is 1. The standard InChI is InChI=1S/C30H40N3/c1-11-29(9)19-17-23(27(3,4)5)31-20-18-24(28(6,7)8)32-21-15-13-14-16-22(21)33(26(32)25(19)20)30(29,10)12-2/h13-18H,11-12H2,1-10H3/q+1. The van der Waals surface area contributed by atoms with Crippen molar-refractivity contribution in [1.29, 1.82) is 0 Å². The van der Waals surface area contributed by atoms with Crippen molar-refractivity contribution in [3.05, 3.63) is 53.3 Å². The Morgan fingerprint density at radius 3 is 2.15 bits per heavy atom. The van der Waals surface area contributed by atoms with Gasteiger partial charge in [0.25, 0.3) is 5.65 Å². The second kappa shape index (κ2) is 6.58. The van der Waals surface area contributed by atoms with E-state index in [4.69, 9.17) is 4.98 Å². The topological polar surface area (TPSA) is 21.2 Å². The second-order valence-corrected chi connectivity index (χ2v) is 12.6. The molecule has 3 heteroatoms. The fourth-order valence-corrected chi connectivity index (χ4v) is 6.26. The number of hydrogen-bond donors (Lipinski definition) is 0. The zero-order valence-corrected chi connectivity index (χ0v) is 22.2. The molecule has 0 amide bonds. The monoisotopic (exact) mass is 442 g/mol. The largest absolute Gasteiger partial charge is 0.297 e. The summed E-state index contributed by atoms with van der Waals surface area (Å²) in [6.45, 7) is 23.5. The van der Waals surface area contributed by atoms with Crippen molar-refractivity contribution in [1.82, 2.24) is 9.38 Å². The SMILES string of the molecule is CCC1(C)c2cc(C(C)(C)C)nc3cc(C(C)(C)C)n4c5ccccc5[n+](c4c23)C1(C)CC. The van der Waals surface area contributed by atoms with Gasteiger partial charge in [-0.3, -0.25) is 4.98 Å². The van der Waals surface area contributed by atoms with Crippen LogP contribution < -0.4 is 4.57 Å². The van der Waals surface area contributed by atoms with Crippen molar-refractivity contribution in [2.75, 3.05) is 0 Å². The van der Waals surface area contributed by atoms with Crippen molar-refractivity contribution < 1.29 is 4.57 Å². The number of nitrogens with zero attached hydrogens (tertiary/aromatic N) is 3. The van der Waals surface area contributed by atoms with Gasteiger partial charge in [-0.05, 0) is 43.5 Å². The third-order valence-corrected chi connectivity index (χ3v) is 8.78. The summed E-state index contributed by atoms with van der Waals surface area (Å²) < 4.78 is 5.22. The van der Waals surface area contributed by atoms with Crippen LogP contribution >= 0.6 is 0 Å². The lowest BCUT2D eigenvalue weighted by Gasteiger charge is -2.47. The van der Waals surface area contributed by atoms with Gasteiger partial charge in [-0.2, -0.15) is 4.40 Å². The van der Waals surface area contributed by atoms with E-state index in [9.17, 15) is 0 Å². The van der Waals surface area contributed by atoms with Gasteiger partial charge in [-0.15, -0.1) is 0 Å². The molecular formula is C30H40N3+. The van der Waals surface area contributed by atoms with Crippen LogP contribution in [0.3, 0.4) is 0 Å². The lowest BCUT2D eigenvalue weighted by atomic mass is 9.61. The minimum atomic E-state index is -0.0525. The van der Waals surface area contributed by atoms with Gasteiger partial charge in [-0.25, -0.2) is 4.57 Å². The van der Waals surface area contributed by atoms with E-state index in [0.29, 0.717) is 0 Å². The molecule has 1 aromatic carbocycles. The fourth-order valence-electron chi connectivity index (χ4n) is 6.26. The van der Waals surface area contributed by atoms with Crippen molar-refractivity contribution in [3.8, 4) is 0 Å². The molecule has 0 saturated carbocycles. The van der Waals surface area contributed by atoms with E-state index < -0.39 is 0 Å². The van der Waals surface area contributed by atoms with E-state index in [1.165, 1.54) is 39.0 Å². The van der Waals surface area contributed by atoms with Crippen LogP contribution in [0.1, 0.15) is 99.0 Å². The molecule has 0 saturated heterocycles. The Bertz CT molecular complexity index is 1430. The molecule has 0 bridgehead atoms. The van der Waals surface area contributed by atoms with E-state index >= 15 is 0 Å². The average Bonchev–Trinajstić information content (AvgIpc) is 3.10. The van der Waals surface area contributed by atoms with Crippen molar-refractivity contribution in [3.63, 3.8) is 0 Å². The van der Waals surface area contributed by atoms with Crippen molar-refractivity contribution in [2.45, 2.75) is 104 Å². The number of aromatic nitrogens is 3. The Hall–Kier alpha value is -2.42. The maximum atomic E-state index is 5.32. The number of fused-ring (bicyclic) bond motifs is 3. The van der Waals surface area contributed by atoms with Gasteiger partial charge in [0, 0.05) is 28.0 Å². The molecule has 0 spiro atoms. The summed E-state index contributed by atoms with van der Waals surface area (Å²) >= 11 is 0. The highest BCUT2D eigenvalue weighted by atomic mass is 15.2. The summed E-state index contributed by atoms with van der Waals surface area (Å²) in [6.07, 6.45) is 2.15. The van der Waals surface area contributed by atoms with Gasteiger partial charge in [0.05, 0.1) is 10.9 Å². The molecule has 3 aromatic heterocycles. The number of hydrogen-bond acceptors (Lipinski definition) is 1. The highest BCUT2D eigenvalue weighted by molar-refractivity contribution is 5.98. The van der Waals surface area contributed by atoms with Gasteiger partial charge in [0.15, 0.2) is 11.0 Å². The Kier molecular flexibility index (Phi) is 4.46. The van der Waals surface area contributed by atoms with Gasteiger partial charge in [0.2, 0.25) is 0 Å². The molecule has 174 valence electrons. The molecule has 0 N–H and O–H groups in total. The smallest absolute Gasteiger partial charge is 0.252 e. The van der Waals surface area contributed by atoms with E-state index in [-0.39, 0.29) is 21.8 Å². The van der Waals surface area contributed by atoms with E-state index in [2.05, 4.69) is 115 Å². The summed E-state index contributed by atoms with van der Waals surface area (Å²) in [4.78, 5) is 5.32. The number of pyridine rings is 2. The Morgan fingerprint density at radius 1 is 0.909 bits per heavy atom.